The Bertz CT molecular complexity index is 715. The second-order valence-electron chi connectivity index (χ2n) is 6.02. The van der Waals surface area contributed by atoms with E-state index in [0.717, 1.165) is 0 Å². The lowest BCUT2D eigenvalue weighted by molar-refractivity contribution is -0.149. The predicted molar refractivity (Wildman–Crippen MR) is 81.1 cm³/mol. The summed E-state index contributed by atoms with van der Waals surface area (Å²) in [6.45, 7) is 0.372. The van der Waals surface area contributed by atoms with E-state index in [1.165, 1.54) is 7.11 Å². The summed E-state index contributed by atoms with van der Waals surface area (Å²) < 4.78 is 16.2. The molecule has 6 heteroatoms. The van der Waals surface area contributed by atoms with Crippen LogP contribution in [0.4, 0.5) is 5.69 Å². The standard InChI is InChI=1S/C17H17NO5/c1-21-11-6-4-3-5-10(11)18-9-17-8-7-12(23-17)13(16(20)22-2)14(17)15(18)19/h3-8,12-14H,9H2,1-2H3/t12-,13-,14+,17+/m1/s1. The number of benzene rings is 1. The van der Waals surface area contributed by atoms with Gasteiger partial charge in [-0.25, -0.2) is 0 Å². The van der Waals surface area contributed by atoms with Gasteiger partial charge in [-0.15, -0.1) is 0 Å². The predicted octanol–water partition coefficient (Wildman–Crippen LogP) is 1.15. The first-order chi connectivity index (χ1) is 11.1. The summed E-state index contributed by atoms with van der Waals surface area (Å²) in [6, 6.07) is 7.34. The van der Waals surface area contributed by atoms with E-state index in [9.17, 15) is 9.59 Å². The van der Waals surface area contributed by atoms with Crippen LogP contribution in [0, 0.1) is 11.8 Å². The number of fused-ring (bicyclic) bond motifs is 1. The molecule has 1 spiro atoms. The van der Waals surface area contributed by atoms with Crippen LogP contribution in [-0.4, -0.2) is 44.3 Å². The van der Waals surface area contributed by atoms with Crippen LogP contribution in [-0.2, 0) is 19.1 Å². The summed E-state index contributed by atoms with van der Waals surface area (Å²) in [5.41, 5.74) is -0.0607. The third kappa shape index (κ3) is 1.78. The van der Waals surface area contributed by atoms with Crippen molar-refractivity contribution in [2.75, 3.05) is 25.7 Å². The second kappa shape index (κ2) is 4.83. The molecule has 3 heterocycles. The Morgan fingerprint density at radius 2 is 2.13 bits per heavy atom. The molecule has 3 aliphatic heterocycles. The van der Waals surface area contributed by atoms with E-state index < -0.39 is 23.4 Å². The topological polar surface area (TPSA) is 65.1 Å². The fourth-order valence-corrected chi connectivity index (χ4v) is 3.96. The number of esters is 1. The van der Waals surface area contributed by atoms with E-state index in [0.29, 0.717) is 18.0 Å². The van der Waals surface area contributed by atoms with Crippen molar-refractivity contribution in [3.63, 3.8) is 0 Å². The monoisotopic (exact) mass is 315 g/mol. The SMILES string of the molecule is COC(=O)[C@H]1[C@H]2C(=O)N(c3ccccc3OC)C[C@@]23C=C[C@H]1O3. The largest absolute Gasteiger partial charge is 0.495 e. The zero-order valence-electron chi connectivity index (χ0n) is 12.9. The van der Waals surface area contributed by atoms with Gasteiger partial charge < -0.3 is 19.1 Å². The molecule has 4 atom stereocenters. The minimum absolute atomic E-state index is 0.128. The molecule has 2 bridgehead atoms. The molecule has 2 saturated heterocycles. The van der Waals surface area contributed by atoms with Crippen molar-refractivity contribution in [2.45, 2.75) is 11.7 Å². The Balaban J connectivity index is 1.75. The molecule has 1 amide bonds. The second-order valence-corrected chi connectivity index (χ2v) is 6.02. The fourth-order valence-electron chi connectivity index (χ4n) is 3.96. The lowest BCUT2D eigenvalue weighted by atomic mass is 9.77. The first-order valence-corrected chi connectivity index (χ1v) is 7.51. The van der Waals surface area contributed by atoms with Crippen LogP contribution >= 0.6 is 0 Å². The van der Waals surface area contributed by atoms with Gasteiger partial charge in [-0.1, -0.05) is 24.3 Å². The highest BCUT2D eigenvalue weighted by molar-refractivity contribution is 6.03. The van der Waals surface area contributed by atoms with Gasteiger partial charge in [0.25, 0.3) is 0 Å². The molecule has 0 unspecified atom stereocenters. The number of carbonyl (C=O) groups excluding carboxylic acids is 2. The van der Waals surface area contributed by atoms with Gasteiger partial charge in [-0.05, 0) is 12.1 Å². The van der Waals surface area contributed by atoms with Gasteiger partial charge in [0.1, 0.15) is 17.3 Å². The average Bonchev–Trinajstić information content (AvgIpc) is 3.22. The lowest BCUT2D eigenvalue weighted by Crippen LogP contribution is -2.39. The Labute approximate surface area is 133 Å². The van der Waals surface area contributed by atoms with Gasteiger partial charge in [0.05, 0.1) is 38.5 Å². The van der Waals surface area contributed by atoms with Gasteiger partial charge >= 0.3 is 5.97 Å². The first-order valence-electron chi connectivity index (χ1n) is 7.51. The van der Waals surface area contributed by atoms with E-state index in [2.05, 4.69) is 0 Å². The van der Waals surface area contributed by atoms with Crippen molar-refractivity contribution < 1.29 is 23.8 Å². The van der Waals surface area contributed by atoms with Crippen molar-refractivity contribution in [1.82, 2.24) is 0 Å². The Morgan fingerprint density at radius 3 is 2.87 bits per heavy atom. The molecule has 0 N–H and O–H groups in total. The van der Waals surface area contributed by atoms with E-state index in [1.807, 2.05) is 30.4 Å². The molecule has 2 fully saturated rings. The molecule has 4 rings (SSSR count). The van der Waals surface area contributed by atoms with Gasteiger partial charge in [-0.2, -0.15) is 0 Å². The highest BCUT2D eigenvalue weighted by atomic mass is 16.5. The van der Waals surface area contributed by atoms with Gasteiger partial charge in [0.15, 0.2) is 0 Å². The third-order valence-corrected chi connectivity index (χ3v) is 4.95. The average molecular weight is 315 g/mol. The molecular weight excluding hydrogens is 298 g/mol. The highest BCUT2D eigenvalue weighted by Crippen LogP contribution is 2.53. The number of carbonyl (C=O) groups is 2. The number of ether oxygens (including phenoxy) is 3. The lowest BCUT2D eigenvalue weighted by Gasteiger charge is -2.22. The van der Waals surface area contributed by atoms with Crippen molar-refractivity contribution in [3.05, 3.63) is 36.4 Å². The fraction of sp³-hybridized carbons (Fsp3) is 0.412. The Hall–Kier alpha value is -2.34. The zero-order chi connectivity index (χ0) is 16.2. The summed E-state index contributed by atoms with van der Waals surface area (Å²) in [5, 5.41) is 0. The molecule has 6 nitrogen and oxygen atoms in total. The minimum Gasteiger partial charge on any atom is -0.495 e. The maximum atomic E-state index is 13.0. The summed E-state index contributed by atoms with van der Waals surface area (Å²) in [7, 11) is 2.90. The Morgan fingerprint density at radius 1 is 1.35 bits per heavy atom. The van der Waals surface area contributed by atoms with Crippen molar-refractivity contribution in [3.8, 4) is 5.75 Å². The number of rotatable bonds is 3. The number of para-hydroxylation sites is 2. The van der Waals surface area contributed by atoms with Crippen LogP contribution < -0.4 is 9.64 Å². The number of hydrogen-bond acceptors (Lipinski definition) is 5. The summed E-state index contributed by atoms with van der Waals surface area (Å²) in [6.07, 6.45) is 3.39. The van der Waals surface area contributed by atoms with Crippen LogP contribution in [0.2, 0.25) is 0 Å². The van der Waals surface area contributed by atoms with Crippen LogP contribution in [0.3, 0.4) is 0 Å². The molecule has 23 heavy (non-hydrogen) atoms. The van der Waals surface area contributed by atoms with Crippen LogP contribution in [0.5, 0.6) is 5.75 Å². The Kier molecular flexibility index (Phi) is 2.99. The van der Waals surface area contributed by atoms with Gasteiger partial charge in [0.2, 0.25) is 5.91 Å². The molecule has 0 aliphatic carbocycles. The summed E-state index contributed by atoms with van der Waals surface area (Å²) in [4.78, 5) is 26.8. The molecule has 3 aliphatic rings. The molecular formula is C17H17NO5. The molecule has 120 valence electrons. The highest BCUT2D eigenvalue weighted by Gasteiger charge is 2.67. The molecule has 0 saturated carbocycles. The van der Waals surface area contributed by atoms with E-state index in [4.69, 9.17) is 14.2 Å². The quantitative estimate of drug-likeness (QED) is 0.618. The number of nitrogens with zero attached hydrogens (tertiary/aromatic N) is 1. The van der Waals surface area contributed by atoms with Crippen LogP contribution in [0.1, 0.15) is 0 Å². The van der Waals surface area contributed by atoms with E-state index in [1.54, 1.807) is 18.1 Å². The zero-order valence-corrected chi connectivity index (χ0v) is 12.9. The third-order valence-electron chi connectivity index (χ3n) is 4.95. The first kappa shape index (κ1) is 14.3. The van der Waals surface area contributed by atoms with Crippen molar-refractivity contribution in [1.29, 1.82) is 0 Å². The van der Waals surface area contributed by atoms with Crippen LogP contribution in [0.25, 0.3) is 0 Å². The molecule has 1 aromatic carbocycles. The maximum Gasteiger partial charge on any atom is 0.312 e. The summed E-state index contributed by atoms with van der Waals surface area (Å²) in [5.74, 6) is -1.05. The molecule has 1 aromatic rings. The smallest absolute Gasteiger partial charge is 0.312 e. The summed E-state index contributed by atoms with van der Waals surface area (Å²) >= 11 is 0. The minimum atomic E-state index is -0.749. The number of hydrogen-bond donors (Lipinski definition) is 0. The normalized spacial score (nSPS) is 33.9. The van der Waals surface area contributed by atoms with Crippen molar-refractivity contribution >= 4 is 17.6 Å². The van der Waals surface area contributed by atoms with E-state index in [-0.39, 0.29) is 12.0 Å². The van der Waals surface area contributed by atoms with Crippen molar-refractivity contribution in [2.24, 2.45) is 11.8 Å². The maximum absolute atomic E-state index is 13.0. The number of anilines is 1. The van der Waals surface area contributed by atoms with E-state index >= 15 is 0 Å². The van der Waals surface area contributed by atoms with Gasteiger partial charge in [-0.3, -0.25) is 9.59 Å². The molecule has 0 radical (unpaired) electrons. The van der Waals surface area contributed by atoms with Gasteiger partial charge in [0, 0.05) is 0 Å². The molecule has 0 aromatic heterocycles. The number of methoxy groups -OCH3 is 2. The number of amides is 1. The van der Waals surface area contributed by atoms with Crippen LogP contribution in [0.15, 0.2) is 36.4 Å².